The summed E-state index contributed by atoms with van der Waals surface area (Å²) >= 11 is 0. The van der Waals surface area contributed by atoms with Crippen LogP contribution in [0.2, 0.25) is 0 Å². The van der Waals surface area contributed by atoms with Gasteiger partial charge >= 0.3 is 23.7 Å². The molecule has 162 valence electrons. The van der Waals surface area contributed by atoms with E-state index in [9.17, 15) is 27.6 Å². The van der Waals surface area contributed by atoms with Crippen LogP contribution >= 0.6 is 0 Å². The molecule has 31 heavy (non-hydrogen) atoms. The predicted octanol–water partition coefficient (Wildman–Crippen LogP) is 1.56. The highest BCUT2D eigenvalue weighted by atomic mass is 19.4. The molecule has 4 rings (SSSR count). The highest BCUT2D eigenvalue weighted by Gasteiger charge is 2.31. The number of benzene rings is 1. The zero-order chi connectivity index (χ0) is 22.2. The lowest BCUT2D eigenvalue weighted by Gasteiger charge is -2.35. The van der Waals surface area contributed by atoms with Gasteiger partial charge in [0.05, 0.1) is 23.0 Å². The Morgan fingerprint density at radius 3 is 2.35 bits per heavy atom. The fraction of sp³-hybridized carbons (Fsp3) is 0.263. The van der Waals surface area contributed by atoms with Gasteiger partial charge in [-0.1, -0.05) is 0 Å². The maximum atomic E-state index is 12.7. The first-order valence-electron chi connectivity index (χ1n) is 9.31. The van der Waals surface area contributed by atoms with Crippen molar-refractivity contribution < 1.29 is 22.8 Å². The lowest BCUT2D eigenvalue weighted by Crippen LogP contribution is -2.51. The third-order valence-corrected chi connectivity index (χ3v) is 4.95. The minimum Gasteiger partial charge on any atom is -0.368 e. The van der Waals surface area contributed by atoms with Crippen molar-refractivity contribution >= 4 is 34.4 Å². The quantitative estimate of drug-likeness (QED) is 0.530. The van der Waals surface area contributed by atoms with Crippen molar-refractivity contribution in [1.29, 1.82) is 0 Å². The van der Waals surface area contributed by atoms with E-state index in [0.717, 1.165) is 12.1 Å². The van der Waals surface area contributed by atoms with Crippen LogP contribution in [0.1, 0.15) is 5.56 Å². The summed E-state index contributed by atoms with van der Waals surface area (Å²) < 4.78 is 38.1. The molecule has 1 saturated heterocycles. The number of pyridine rings is 1. The number of piperazine rings is 1. The van der Waals surface area contributed by atoms with Crippen LogP contribution in [0.3, 0.4) is 0 Å². The molecule has 0 bridgehead atoms. The van der Waals surface area contributed by atoms with Crippen LogP contribution in [0.15, 0.2) is 41.3 Å². The summed E-state index contributed by atoms with van der Waals surface area (Å²) in [6.45, 7) is 1.25. The van der Waals surface area contributed by atoms with Crippen molar-refractivity contribution in [2.75, 3.05) is 36.4 Å². The van der Waals surface area contributed by atoms with E-state index < -0.39 is 29.2 Å². The molecule has 1 fully saturated rings. The Morgan fingerprint density at radius 2 is 1.71 bits per heavy atom. The van der Waals surface area contributed by atoms with E-state index in [1.54, 1.807) is 0 Å². The highest BCUT2D eigenvalue weighted by molar-refractivity contribution is 6.39. The third-order valence-electron chi connectivity index (χ3n) is 4.95. The smallest absolute Gasteiger partial charge is 0.368 e. The van der Waals surface area contributed by atoms with Crippen LogP contribution < -0.4 is 15.9 Å². The molecule has 0 radical (unpaired) electrons. The molecular weight excluding hydrogens is 417 g/mol. The van der Waals surface area contributed by atoms with Gasteiger partial charge in [0.2, 0.25) is 0 Å². The standard InChI is InChI=1S/C19H17F3N6O3/c20-19(21,22)11-1-3-13(4-2-11)27-5-7-28(8-6-27)17(30)16(29)24-12-9-14-15(23-10-12)26-18(31)25-14/h1-4,9-10H,5-8H2,(H,24,29)(H2,23,25,26,31). The number of amides is 2. The van der Waals surface area contributed by atoms with E-state index in [1.165, 1.54) is 29.3 Å². The predicted molar refractivity (Wildman–Crippen MR) is 106 cm³/mol. The van der Waals surface area contributed by atoms with Gasteiger partial charge in [-0.3, -0.25) is 14.6 Å². The first-order chi connectivity index (χ1) is 14.7. The zero-order valence-electron chi connectivity index (χ0n) is 16.0. The average Bonchev–Trinajstić information content (AvgIpc) is 3.12. The van der Waals surface area contributed by atoms with Crippen molar-refractivity contribution in [3.8, 4) is 0 Å². The summed E-state index contributed by atoms with van der Waals surface area (Å²) in [6, 6.07) is 6.29. The average molecular weight is 434 g/mol. The summed E-state index contributed by atoms with van der Waals surface area (Å²) in [5.74, 6) is -1.57. The number of nitrogens with zero attached hydrogens (tertiary/aromatic N) is 3. The topological polar surface area (TPSA) is 114 Å². The van der Waals surface area contributed by atoms with Crippen molar-refractivity contribution in [1.82, 2.24) is 19.9 Å². The summed E-state index contributed by atoms with van der Waals surface area (Å²) in [4.78, 5) is 48.2. The van der Waals surface area contributed by atoms with Crippen molar-refractivity contribution in [2.45, 2.75) is 6.18 Å². The molecule has 0 unspecified atom stereocenters. The van der Waals surface area contributed by atoms with Crippen LogP contribution in [0.25, 0.3) is 11.2 Å². The molecule has 0 spiro atoms. The Kier molecular flexibility index (Phi) is 5.13. The number of anilines is 2. The second-order valence-electron chi connectivity index (χ2n) is 6.98. The number of fused-ring (bicyclic) bond motifs is 1. The lowest BCUT2D eigenvalue weighted by atomic mass is 10.1. The number of carbonyl (C=O) groups excluding carboxylic acids is 2. The largest absolute Gasteiger partial charge is 0.416 e. The van der Waals surface area contributed by atoms with Gasteiger partial charge in [0.15, 0.2) is 5.65 Å². The molecule has 1 aliphatic rings. The van der Waals surface area contributed by atoms with Crippen molar-refractivity contribution in [3.05, 3.63) is 52.6 Å². The normalized spacial score (nSPS) is 14.7. The third kappa shape index (κ3) is 4.37. The Labute approximate surface area is 172 Å². The Hall–Kier alpha value is -3.83. The summed E-state index contributed by atoms with van der Waals surface area (Å²) in [5, 5.41) is 2.45. The minimum absolute atomic E-state index is 0.246. The molecule has 1 aliphatic heterocycles. The van der Waals surface area contributed by atoms with E-state index in [2.05, 4.69) is 20.3 Å². The molecule has 0 saturated carbocycles. The number of alkyl halides is 3. The first kappa shape index (κ1) is 20.4. The van der Waals surface area contributed by atoms with Gasteiger partial charge in [0.1, 0.15) is 0 Å². The van der Waals surface area contributed by atoms with Crippen LogP contribution in [-0.4, -0.2) is 57.8 Å². The van der Waals surface area contributed by atoms with Crippen LogP contribution in [0, 0.1) is 0 Å². The van der Waals surface area contributed by atoms with E-state index in [1.807, 2.05) is 4.90 Å². The molecular formula is C19H17F3N6O3. The van der Waals surface area contributed by atoms with E-state index in [-0.39, 0.29) is 18.8 Å². The van der Waals surface area contributed by atoms with Gasteiger partial charge < -0.3 is 20.1 Å². The molecule has 2 amide bonds. The second kappa shape index (κ2) is 7.78. The number of H-pyrrole nitrogens is 2. The molecule has 9 nitrogen and oxygen atoms in total. The number of aromatic amines is 2. The second-order valence-corrected chi connectivity index (χ2v) is 6.98. The molecule has 2 aromatic heterocycles. The van der Waals surface area contributed by atoms with Gasteiger partial charge in [0.25, 0.3) is 0 Å². The number of nitrogens with one attached hydrogen (secondary N) is 3. The van der Waals surface area contributed by atoms with Crippen LogP contribution in [0.5, 0.6) is 0 Å². The fourth-order valence-corrected chi connectivity index (χ4v) is 3.35. The van der Waals surface area contributed by atoms with Crippen molar-refractivity contribution in [2.24, 2.45) is 0 Å². The van der Waals surface area contributed by atoms with Crippen molar-refractivity contribution in [3.63, 3.8) is 0 Å². The number of halogens is 3. The minimum atomic E-state index is -4.40. The summed E-state index contributed by atoms with van der Waals surface area (Å²) in [5.41, 5.74) is 0.425. The Bertz CT molecular complexity index is 1180. The summed E-state index contributed by atoms with van der Waals surface area (Å²) in [6.07, 6.45) is -3.08. The van der Waals surface area contributed by atoms with Gasteiger partial charge in [-0.15, -0.1) is 0 Å². The molecule has 3 heterocycles. The summed E-state index contributed by atoms with van der Waals surface area (Å²) in [7, 11) is 0. The van der Waals surface area contributed by atoms with Gasteiger partial charge in [0, 0.05) is 31.9 Å². The number of aromatic nitrogens is 3. The van der Waals surface area contributed by atoms with Gasteiger partial charge in [-0.05, 0) is 30.3 Å². The number of hydrogen-bond acceptors (Lipinski definition) is 5. The maximum absolute atomic E-state index is 12.7. The zero-order valence-corrected chi connectivity index (χ0v) is 16.0. The molecule has 3 aromatic rings. The van der Waals surface area contributed by atoms with E-state index in [4.69, 9.17) is 0 Å². The number of rotatable bonds is 2. The number of hydrogen-bond donors (Lipinski definition) is 3. The first-order valence-corrected chi connectivity index (χ1v) is 9.31. The maximum Gasteiger partial charge on any atom is 0.416 e. The molecule has 3 N–H and O–H groups in total. The fourth-order valence-electron chi connectivity index (χ4n) is 3.35. The van der Waals surface area contributed by atoms with Crippen LogP contribution in [0.4, 0.5) is 24.5 Å². The molecule has 1 aromatic carbocycles. The molecule has 0 atom stereocenters. The number of imidazole rings is 1. The van der Waals surface area contributed by atoms with Gasteiger partial charge in [-0.2, -0.15) is 13.2 Å². The molecule has 12 heteroatoms. The highest BCUT2D eigenvalue weighted by Crippen LogP contribution is 2.30. The number of carbonyl (C=O) groups is 2. The van der Waals surface area contributed by atoms with E-state index >= 15 is 0 Å². The monoisotopic (exact) mass is 434 g/mol. The lowest BCUT2D eigenvalue weighted by molar-refractivity contribution is -0.143. The van der Waals surface area contributed by atoms with Crippen LogP contribution in [-0.2, 0) is 15.8 Å². The Morgan fingerprint density at radius 1 is 1.03 bits per heavy atom. The van der Waals surface area contributed by atoms with Gasteiger partial charge in [-0.25, -0.2) is 9.78 Å². The SMILES string of the molecule is O=C(Nc1cnc2[nH]c(=O)[nH]c2c1)C(=O)N1CCN(c2ccc(C(F)(F)F)cc2)CC1. The Balaban J connectivity index is 1.34. The molecule has 0 aliphatic carbocycles. The van der Waals surface area contributed by atoms with E-state index in [0.29, 0.717) is 29.9 Å².